The van der Waals surface area contributed by atoms with Gasteiger partial charge in [0.1, 0.15) is 17.2 Å². The van der Waals surface area contributed by atoms with Gasteiger partial charge in [-0.05, 0) is 59.0 Å². The van der Waals surface area contributed by atoms with Gasteiger partial charge in [0.15, 0.2) is 17.4 Å². The maximum absolute atomic E-state index is 14.1. The predicted molar refractivity (Wildman–Crippen MR) is 154 cm³/mol. The number of carbonyl (C=O) groups excluding carboxylic acids is 4. The highest BCUT2D eigenvalue weighted by Gasteiger charge is 2.58. The van der Waals surface area contributed by atoms with Gasteiger partial charge in [-0.3, -0.25) is 24.2 Å². The highest BCUT2D eigenvalue weighted by atomic mass is 79.9. The van der Waals surface area contributed by atoms with Crippen molar-refractivity contribution in [1.29, 1.82) is 0 Å². The van der Waals surface area contributed by atoms with E-state index >= 15 is 0 Å². The molecule has 2 amide bonds. The van der Waals surface area contributed by atoms with Gasteiger partial charge in [-0.25, -0.2) is 4.98 Å². The number of phenols is 1. The van der Waals surface area contributed by atoms with Crippen LogP contribution in [0.3, 0.4) is 0 Å². The van der Waals surface area contributed by atoms with E-state index in [1.54, 1.807) is 18.2 Å². The van der Waals surface area contributed by atoms with Crippen LogP contribution < -0.4 is 9.75 Å². The minimum atomic E-state index is -4.80. The summed E-state index contributed by atoms with van der Waals surface area (Å²) >= 11 is 9.33. The molecule has 0 saturated carbocycles. The number of anilines is 1. The van der Waals surface area contributed by atoms with Crippen molar-refractivity contribution >= 4 is 56.7 Å². The van der Waals surface area contributed by atoms with Crippen LogP contribution in [-0.2, 0) is 25.4 Å². The van der Waals surface area contributed by atoms with E-state index in [1.165, 1.54) is 26.3 Å². The number of rotatable bonds is 4. The number of alkyl halides is 3. The van der Waals surface area contributed by atoms with Gasteiger partial charge in [-0.15, -0.1) is 0 Å². The fourth-order valence-corrected chi connectivity index (χ4v) is 7.40. The summed E-state index contributed by atoms with van der Waals surface area (Å²) in [6.07, 6.45) is -1.89. The van der Waals surface area contributed by atoms with Crippen molar-refractivity contribution in [2.75, 3.05) is 19.2 Å². The molecule has 4 atom stereocenters. The molecule has 3 aliphatic carbocycles. The number of nitrogens with zero attached hydrogens (tertiary/aromatic N) is 3. The number of Topliss-reactive ketones (excluding diaryl/α,β-unsaturated/α-hetero) is 1. The molecule has 1 aliphatic heterocycles. The Hall–Kier alpha value is -3.97. The van der Waals surface area contributed by atoms with Crippen LogP contribution in [0.1, 0.15) is 30.0 Å². The minimum Gasteiger partial charge on any atom is -0.507 e. The van der Waals surface area contributed by atoms with Gasteiger partial charge in [0, 0.05) is 35.8 Å². The van der Waals surface area contributed by atoms with Crippen LogP contribution in [0.15, 0.2) is 63.7 Å². The number of aromatic nitrogens is 1. The zero-order valence-corrected chi connectivity index (χ0v) is 25.3. The fourth-order valence-electron chi connectivity index (χ4n) is 6.73. The Labute approximate surface area is 261 Å². The molecule has 0 spiro atoms. The molecule has 44 heavy (non-hydrogen) atoms. The molecule has 1 aromatic carbocycles. The number of imide groups is 1. The number of amides is 2. The van der Waals surface area contributed by atoms with Crippen LogP contribution in [-0.4, -0.2) is 52.6 Å². The normalized spacial score (nSPS) is 24.9. The van der Waals surface area contributed by atoms with E-state index in [9.17, 15) is 37.5 Å². The number of hydrogen-bond donors (Lipinski definition) is 1. The third-order valence-electron chi connectivity index (χ3n) is 8.58. The van der Waals surface area contributed by atoms with Crippen molar-refractivity contribution in [3.8, 4) is 11.5 Å². The monoisotopic (exact) mass is 691 g/mol. The topological polar surface area (TPSA) is 117 Å². The van der Waals surface area contributed by atoms with Crippen molar-refractivity contribution in [3.63, 3.8) is 0 Å². The number of pyridine rings is 1. The number of allylic oxidation sites excluding steroid dienone is 6. The SMILES string of the molecule is COc1cccc(O)c1C1C2=CCC3C(=O)N(N(C)c4nc(C(F)(F)F)ccc4Cl)C(=O)C3C2CC2=C1C(=O)C=C(Br)C2=O. The maximum Gasteiger partial charge on any atom is 0.433 e. The number of carbonyl (C=O) groups is 4. The zero-order chi connectivity index (χ0) is 31.8. The summed E-state index contributed by atoms with van der Waals surface area (Å²) in [6.45, 7) is 0. The lowest BCUT2D eigenvalue weighted by Gasteiger charge is -2.42. The largest absolute Gasteiger partial charge is 0.507 e. The Morgan fingerprint density at radius 2 is 1.84 bits per heavy atom. The Balaban J connectivity index is 1.46. The molecule has 1 saturated heterocycles. The van der Waals surface area contributed by atoms with Gasteiger partial charge < -0.3 is 9.84 Å². The number of ketones is 2. The highest BCUT2D eigenvalue weighted by Crippen LogP contribution is 2.57. The van der Waals surface area contributed by atoms with Crippen LogP contribution in [0.4, 0.5) is 19.0 Å². The van der Waals surface area contributed by atoms with Crippen molar-refractivity contribution in [3.05, 3.63) is 80.0 Å². The third-order valence-corrected chi connectivity index (χ3v) is 9.47. The molecule has 0 radical (unpaired) electrons. The van der Waals surface area contributed by atoms with Gasteiger partial charge in [0.05, 0.1) is 28.5 Å². The van der Waals surface area contributed by atoms with Crippen LogP contribution in [0.2, 0.25) is 5.02 Å². The van der Waals surface area contributed by atoms with Gasteiger partial charge in [0.25, 0.3) is 11.8 Å². The van der Waals surface area contributed by atoms with Crippen molar-refractivity contribution < 1.29 is 42.2 Å². The fraction of sp³-hybridized carbons (Fsp3) is 0.300. The molecule has 1 N–H and O–H groups in total. The van der Waals surface area contributed by atoms with Gasteiger partial charge in [-0.2, -0.15) is 18.2 Å². The molecule has 9 nitrogen and oxygen atoms in total. The Morgan fingerprint density at radius 1 is 1.11 bits per heavy atom. The lowest BCUT2D eigenvalue weighted by molar-refractivity contribution is -0.141. The lowest BCUT2D eigenvalue weighted by Crippen LogP contribution is -2.46. The molecule has 1 fully saturated rings. The molecule has 1 aromatic heterocycles. The Kier molecular flexibility index (Phi) is 7.23. The van der Waals surface area contributed by atoms with E-state index < -0.39 is 64.7 Å². The number of hydrogen-bond acceptors (Lipinski definition) is 8. The number of aromatic hydroxyl groups is 1. The number of benzene rings is 1. The first-order chi connectivity index (χ1) is 20.8. The minimum absolute atomic E-state index is 0.0319. The summed E-state index contributed by atoms with van der Waals surface area (Å²) in [6, 6.07) is 6.25. The summed E-state index contributed by atoms with van der Waals surface area (Å²) in [5.74, 6) is -6.38. The molecule has 6 rings (SSSR count). The van der Waals surface area contributed by atoms with Crippen LogP contribution >= 0.6 is 27.5 Å². The van der Waals surface area contributed by atoms with Crippen LogP contribution in [0.5, 0.6) is 11.5 Å². The van der Waals surface area contributed by atoms with Crippen LogP contribution in [0.25, 0.3) is 0 Å². The van der Waals surface area contributed by atoms with E-state index in [1.807, 2.05) is 0 Å². The molecular weight excluding hydrogens is 671 g/mol. The number of hydrazine groups is 1. The molecule has 4 aliphatic rings. The standard InChI is InChI=1S/C30H22BrClF3N3O6/c1-37(27-17(32)8-9-21(36-27)30(33,34)35)38-28(42)13-7-6-12-14(22(13)29(38)43)10-15-23(19(40)11-16(31)26(15)41)24(12)25-18(39)4-3-5-20(25)44-2/h3-6,8-9,11,13-14,22,24,39H,7,10H2,1-2H3. The van der Waals surface area contributed by atoms with E-state index in [0.717, 1.165) is 16.1 Å². The first-order valence-electron chi connectivity index (χ1n) is 13.4. The van der Waals surface area contributed by atoms with Gasteiger partial charge in [-0.1, -0.05) is 29.3 Å². The van der Waals surface area contributed by atoms with Crippen molar-refractivity contribution in [2.24, 2.45) is 17.8 Å². The molecule has 228 valence electrons. The van der Waals surface area contributed by atoms with Gasteiger partial charge in [0.2, 0.25) is 0 Å². The van der Waals surface area contributed by atoms with Crippen LogP contribution in [0, 0.1) is 17.8 Å². The van der Waals surface area contributed by atoms with Crippen molar-refractivity contribution in [1.82, 2.24) is 9.99 Å². The first-order valence-corrected chi connectivity index (χ1v) is 14.5. The van der Waals surface area contributed by atoms with Crippen molar-refractivity contribution in [2.45, 2.75) is 24.9 Å². The summed E-state index contributed by atoms with van der Waals surface area (Å²) in [5.41, 5.74) is -0.190. The zero-order valence-electron chi connectivity index (χ0n) is 23.0. The number of methoxy groups -OCH3 is 1. The van der Waals surface area contributed by atoms with E-state index in [2.05, 4.69) is 20.9 Å². The molecular formula is C30H22BrClF3N3O6. The smallest absolute Gasteiger partial charge is 0.433 e. The average molecular weight is 693 g/mol. The summed E-state index contributed by atoms with van der Waals surface area (Å²) in [7, 11) is 2.61. The first kappa shape index (κ1) is 30.1. The second kappa shape index (κ2) is 10.6. The summed E-state index contributed by atoms with van der Waals surface area (Å²) in [4.78, 5) is 58.2. The summed E-state index contributed by atoms with van der Waals surface area (Å²) < 4.78 is 45.9. The second-order valence-electron chi connectivity index (χ2n) is 10.8. The van der Waals surface area contributed by atoms with Gasteiger partial charge >= 0.3 is 6.18 Å². The quantitative estimate of drug-likeness (QED) is 0.262. The molecule has 2 heterocycles. The third kappa shape index (κ3) is 4.47. The number of halogens is 5. The average Bonchev–Trinajstić information content (AvgIpc) is 3.23. The lowest BCUT2D eigenvalue weighted by atomic mass is 9.59. The summed E-state index contributed by atoms with van der Waals surface area (Å²) in [5, 5.41) is 12.4. The van der Waals surface area contributed by atoms with E-state index in [-0.39, 0.29) is 50.6 Å². The predicted octanol–water partition coefficient (Wildman–Crippen LogP) is 5.28. The molecule has 2 aromatic rings. The molecule has 0 bridgehead atoms. The molecule has 4 unspecified atom stereocenters. The number of fused-ring (bicyclic) bond motifs is 3. The Morgan fingerprint density at radius 3 is 2.52 bits per heavy atom. The Bertz CT molecular complexity index is 1770. The number of ether oxygens (including phenoxy) is 1. The second-order valence-corrected chi connectivity index (χ2v) is 12.1. The maximum atomic E-state index is 14.1. The van der Waals surface area contributed by atoms with E-state index in [0.29, 0.717) is 11.6 Å². The molecule has 14 heteroatoms. The number of phenolic OH excluding ortho intramolecular Hbond substituents is 1. The highest BCUT2D eigenvalue weighted by molar-refractivity contribution is 9.12. The van der Waals surface area contributed by atoms with E-state index in [4.69, 9.17) is 16.3 Å².